The van der Waals surface area contributed by atoms with Crippen LogP contribution in [0, 0.1) is 0 Å². The molecule has 0 aromatic heterocycles. The second kappa shape index (κ2) is 64.4. The fourth-order valence-corrected chi connectivity index (χ4v) is 10.3. The minimum atomic E-state index is -0.769. The van der Waals surface area contributed by atoms with Crippen molar-refractivity contribution in [3.05, 3.63) is 24.3 Å². The number of hydrogen-bond donors (Lipinski definition) is 0. The second-order valence-electron chi connectivity index (χ2n) is 23.1. The summed E-state index contributed by atoms with van der Waals surface area (Å²) in [6, 6.07) is 0. The van der Waals surface area contributed by atoms with Crippen molar-refractivity contribution < 1.29 is 28.6 Å². The van der Waals surface area contributed by atoms with Crippen LogP contribution >= 0.6 is 0 Å². The molecule has 6 heteroatoms. The van der Waals surface area contributed by atoms with E-state index >= 15 is 0 Å². The molecule has 0 saturated carbocycles. The standard InChI is InChI=1S/C69H130O6/c1-4-7-10-13-16-19-22-24-26-27-28-29-30-31-32-33-34-35-36-37-38-39-40-41-42-43-44-46-47-50-53-56-59-62-68(71)74-65-66(64-73-67(70)61-58-55-52-49-21-18-15-12-9-6-3)75-69(72)63-60-57-54-51-48-45-25-23-20-17-14-11-8-5-2/h12,15,27-28,66H,4-11,13-14,16-26,29-65H2,1-3H3/b15-12-,28-27-. The van der Waals surface area contributed by atoms with E-state index < -0.39 is 6.10 Å². The van der Waals surface area contributed by atoms with Crippen LogP contribution in [0.1, 0.15) is 380 Å². The first-order valence-corrected chi connectivity index (χ1v) is 33.8. The normalized spacial score (nSPS) is 12.1. The number of ether oxygens (including phenoxy) is 3. The molecule has 0 aliphatic heterocycles. The van der Waals surface area contributed by atoms with Gasteiger partial charge in [0.05, 0.1) is 0 Å². The predicted octanol–water partition coefficient (Wildman–Crippen LogP) is 23.0. The maximum Gasteiger partial charge on any atom is 0.306 e. The van der Waals surface area contributed by atoms with Crippen LogP contribution in [0.3, 0.4) is 0 Å². The van der Waals surface area contributed by atoms with Crippen molar-refractivity contribution in [1.82, 2.24) is 0 Å². The van der Waals surface area contributed by atoms with Crippen LogP contribution in [-0.4, -0.2) is 37.2 Å². The Morgan fingerprint density at radius 1 is 0.253 bits per heavy atom. The largest absolute Gasteiger partial charge is 0.462 e. The van der Waals surface area contributed by atoms with Gasteiger partial charge in [-0.2, -0.15) is 0 Å². The lowest BCUT2D eigenvalue weighted by Gasteiger charge is -2.18. The maximum atomic E-state index is 12.8. The number of rotatable bonds is 63. The molecule has 0 radical (unpaired) electrons. The smallest absolute Gasteiger partial charge is 0.306 e. The molecule has 0 bridgehead atoms. The van der Waals surface area contributed by atoms with Gasteiger partial charge in [0.1, 0.15) is 13.2 Å². The van der Waals surface area contributed by atoms with Crippen LogP contribution in [0.2, 0.25) is 0 Å². The summed E-state index contributed by atoms with van der Waals surface area (Å²) in [7, 11) is 0. The Morgan fingerprint density at radius 2 is 0.467 bits per heavy atom. The molecule has 0 aliphatic rings. The van der Waals surface area contributed by atoms with Gasteiger partial charge in [0.25, 0.3) is 0 Å². The van der Waals surface area contributed by atoms with Crippen molar-refractivity contribution in [3.63, 3.8) is 0 Å². The summed E-state index contributed by atoms with van der Waals surface area (Å²) in [5, 5.41) is 0. The summed E-state index contributed by atoms with van der Waals surface area (Å²) in [6.45, 7) is 6.63. The first-order valence-electron chi connectivity index (χ1n) is 33.8. The van der Waals surface area contributed by atoms with E-state index in [1.807, 2.05) is 0 Å². The summed E-state index contributed by atoms with van der Waals surface area (Å²) in [6.07, 6.45) is 78.0. The molecule has 0 aromatic carbocycles. The van der Waals surface area contributed by atoms with Gasteiger partial charge in [-0.15, -0.1) is 0 Å². The molecule has 0 aromatic rings. The molecule has 0 fully saturated rings. The Bertz CT molecular complexity index is 1210. The number of esters is 3. The molecule has 0 N–H and O–H groups in total. The van der Waals surface area contributed by atoms with Gasteiger partial charge in [0.15, 0.2) is 6.10 Å². The van der Waals surface area contributed by atoms with Crippen molar-refractivity contribution in [2.24, 2.45) is 0 Å². The highest BCUT2D eigenvalue weighted by atomic mass is 16.6. The van der Waals surface area contributed by atoms with Crippen LogP contribution in [0.15, 0.2) is 24.3 Å². The molecule has 0 spiro atoms. The predicted molar refractivity (Wildman–Crippen MR) is 326 cm³/mol. The summed E-state index contributed by atoms with van der Waals surface area (Å²) in [5.74, 6) is -0.854. The summed E-state index contributed by atoms with van der Waals surface area (Å²) < 4.78 is 16.9. The number of allylic oxidation sites excluding steroid dienone is 4. The zero-order valence-corrected chi connectivity index (χ0v) is 50.8. The van der Waals surface area contributed by atoms with E-state index in [0.717, 1.165) is 70.6 Å². The average Bonchev–Trinajstić information content (AvgIpc) is 3.41. The highest BCUT2D eigenvalue weighted by Gasteiger charge is 2.19. The SMILES string of the molecule is CCC/C=C\CCCCCCCC(=O)OCC(COC(=O)CCCCCCCCCCCCCCCCCCCCCCC/C=C\CCCCCCCCCC)OC(=O)CCCCCCCCCCCCCCCC. The summed E-state index contributed by atoms with van der Waals surface area (Å²) >= 11 is 0. The van der Waals surface area contributed by atoms with E-state index in [-0.39, 0.29) is 31.1 Å². The molecule has 0 aliphatic carbocycles. The molecule has 75 heavy (non-hydrogen) atoms. The van der Waals surface area contributed by atoms with Crippen LogP contribution in [0.4, 0.5) is 0 Å². The maximum absolute atomic E-state index is 12.8. The number of hydrogen-bond acceptors (Lipinski definition) is 6. The van der Waals surface area contributed by atoms with Crippen LogP contribution in [-0.2, 0) is 28.6 Å². The zero-order chi connectivity index (χ0) is 54.3. The first-order chi connectivity index (χ1) is 37.0. The Kier molecular flexibility index (Phi) is 62.6. The molecule has 0 heterocycles. The minimum Gasteiger partial charge on any atom is -0.462 e. The van der Waals surface area contributed by atoms with Gasteiger partial charge in [0.2, 0.25) is 0 Å². The molecule has 1 unspecified atom stereocenters. The highest BCUT2D eigenvalue weighted by molar-refractivity contribution is 5.71. The molecule has 0 rings (SSSR count). The Balaban J connectivity index is 3.99. The van der Waals surface area contributed by atoms with E-state index in [2.05, 4.69) is 45.1 Å². The molecule has 6 nitrogen and oxygen atoms in total. The van der Waals surface area contributed by atoms with E-state index in [9.17, 15) is 14.4 Å². The van der Waals surface area contributed by atoms with Gasteiger partial charge in [-0.3, -0.25) is 14.4 Å². The van der Waals surface area contributed by atoms with Gasteiger partial charge in [-0.1, -0.05) is 321 Å². The third-order valence-corrected chi connectivity index (χ3v) is 15.4. The van der Waals surface area contributed by atoms with Gasteiger partial charge >= 0.3 is 17.9 Å². The van der Waals surface area contributed by atoms with Gasteiger partial charge in [-0.25, -0.2) is 0 Å². The fraction of sp³-hybridized carbons (Fsp3) is 0.899. The number of carbonyl (C=O) groups is 3. The van der Waals surface area contributed by atoms with Gasteiger partial charge in [0, 0.05) is 19.3 Å². The van der Waals surface area contributed by atoms with Crippen molar-refractivity contribution in [2.45, 2.75) is 386 Å². The second-order valence-corrected chi connectivity index (χ2v) is 23.1. The summed E-state index contributed by atoms with van der Waals surface area (Å²) in [5.41, 5.74) is 0. The lowest BCUT2D eigenvalue weighted by molar-refractivity contribution is -0.167. The zero-order valence-electron chi connectivity index (χ0n) is 50.8. The molecular weight excluding hydrogens is 925 g/mol. The molecule has 0 saturated heterocycles. The Morgan fingerprint density at radius 3 is 0.720 bits per heavy atom. The Hall–Kier alpha value is -2.11. The van der Waals surface area contributed by atoms with Crippen molar-refractivity contribution >= 4 is 17.9 Å². The number of unbranched alkanes of at least 4 members (excludes halogenated alkanes) is 48. The van der Waals surface area contributed by atoms with E-state index in [4.69, 9.17) is 14.2 Å². The van der Waals surface area contributed by atoms with Crippen molar-refractivity contribution in [3.8, 4) is 0 Å². The summed E-state index contributed by atoms with van der Waals surface area (Å²) in [4.78, 5) is 38.2. The van der Waals surface area contributed by atoms with Crippen molar-refractivity contribution in [2.75, 3.05) is 13.2 Å². The van der Waals surface area contributed by atoms with Crippen LogP contribution in [0.25, 0.3) is 0 Å². The molecule has 0 amide bonds. The fourth-order valence-electron chi connectivity index (χ4n) is 10.3. The molecule has 1 atom stereocenters. The van der Waals surface area contributed by atoms with Gasteiger partial charge in [-0.05, 0) is 64.2 Å². The third kappa shape index (κ3) is 62.6. The average molecular weight is 1060 g/mol. The van der Waals surface area contributed by atoms with E-state index in [0.29, 0.717) is 19.3 Å². The Labute approximate surface area is 468 Å². The van der Waals surface area contributed by atoms with Gasteiger partial charge < -0.3 is 14.2 Å². The lowest BCUT2D eigenvalue weighted by atomic mass is 10.0. The molecular formula is C69H130O6. The van der Waals surface area contributed by atoms with E-state index in [1.54, 1.807) is 0 Å². The molecule has 442 valence electrons. The van der Waals surface area contributed by atoms with Crippen molar-refractivity contribution in [1.29, 1.82) is 0 Å². The number of carbonyl (C=O) groups excluding carboxylic acids is 3. The van der Waals surface area contributed by atoms with Crippen LogP contribution in [0.5, 0.6) is 0 Å². The first kappa shape index (κ1) is 72.9. The minimum absolute atomic E-state index is 0.0678. The third-order valence-electron chi connectivity index (χ3n) is 15.4. The van der Waals surface area contributed by atoms with E-state index in [1.165, 1.54) is 270 Å². The highest BCUT2D eigenvalue weighted by Crippen LogP contribution is 2.18. The van der Waals surface area contributed by atoms with Crippen LogP contribution < -0.4 is 0 Å². The quantitative estimate of drug-likeness (QED) is 0.0261. The monoisotopic (exact) mass is 1050 g/mol. The lowest BCUT2D eigenvalue weighted by Crippen LogP contribution is -2.30. The topological polar surface area (TPSA) is 78.9 Å².